The van der Waals surface area contributed by atoms with Crippen LogP contribution in [0.5, 0.6) is 0 Å². The molecule has 0 aliphatic rings. The molecule has 0 spiro atoms. The molecule has 0 atom stereocenters. The van der Waals surface area contributed by atoms with Gasteiger partial charge in [0.05, 0.1) is 6.26 Å². The zero-order valence-corrected chi connectivity index (χ0v) is 11.2. The summed E-state index contributed by atoms with van der Waals surface area (Å²) in [4.78, 5) is 15.3. The Morgan fingerprint density at radius 1 is 1.24 bits per heavy atom. The average Bonchev–Trinajstić information content (AvgIpc) is 3.00. The maximum atomic E-state index is 11.2. The fourth-order valence-corrected chi connectivity index (χ4v) is 2.20. The fraction of sp³-hybridized carbons (Fsp3) is 0.125. The van der Waals surface area contributed by atoms with Crippen molar-refractivity contribution in [1.82, 2.24) is 4.98 Å². The minimum Gasteiger partial charge on any atom is -0.477 e. The number of carboxylic acids is 1. The summed E-state index contributed by atoms with van der Waals surface area (Å²) < 4.78 is 5.27. The van der Waals surface area contributed by atoms with Gasteiger partial charge in [-0.25, -0.2) is 9.78 Å². The van der Waals surface area contributed by atoms with Gasteiger partial charge in [-0.1, -0.05) is 24.3 Å². The Kier molecular flexibility index (Phi) is 3.55. The van der Waals surface area contributed by atoms with Gasteiger partial charge in [0.1, 0.15) is 11.6 Å². The fourth-order valence-electron chi connectivity index (χ4n) is 2.20. The van der Waals surface area contributed by atoms with Gasteiger partial charge in [-0.3, -0.25) is 0 Å². The zero-order chi connectivity index (χ0) is 14.7. The number of pyridine rings is 1. The molecular formula is C16H14N2O3. The second-order valence-electron chi connectivity index (χ2n) is 4.64. The van der Waals surface area contributed by atoms with E-state index < -0.39 is 5.97 Å². The smallest absolute Gasteiger partial charge is 0.354 e. The van der Waals surface area contributed by atoms with Crippen molar-refractivity contribution >= 4 is 22.6 Å². The van der Waals surface area contributed by atoms with E-state index in [0.717, 1.165) is 16.5 Å². The van der Waals surface area contributed by atoms with E-state index in [-0.39, 0.29) is 5.69 Å². The first-order chi connectivity index (χ1) is 10.2. The van der Waals surface area contributed by atoms with Crippen molar-refractivity contribution in [2.45, 2.75) is 6.42 Å². The first-order valence-corrected chi connectivity index (χ1v) is 6.63. The molecule has 21 heavy (non-hydrogen) atoms. The molecule has 3 rings (SSSR count). The summed E-state index contributed by atoms with van der Waals surface area (Å²) in [7, 11) is 0. The maximum Gasteiger partial charge on any atom is 0.354 e. The molecule has 0 unspecified atom stereocenters. The van der Waals surface area contributed by atoms with Gasteiger partial charge in [-0.15, -0.1) is 0 Å². The molecule has 1 aromatic carbocycles. The molecular weight excluding hydrogens is 268 g/mol. The number of anilines is 1. The van der Waals surface area contributed by atoms with Crippen molar-refractivity contribution in [2.24, 2.45) is 0 Å². The third-order valence-electron chi connectivity index (χ3n) is 3.20. The minimum atomic E-state index is -1.03. The van der Waals surface area contributed by atoms with Gasteiger partial charge >= 0.3 is 5.97 Å². The first kappa shape index (κ1) is 13.2. The average molecular weight is 282 g/mol. The number of aromatic nitrogens is 1. The van der Waals surface area contributed by atoms with E-state index >= 15 is 0 Å². The van der Waals surface area contributed by atoms with Crippen LogP contribution in [0, 0.1) is 0 Å². The Labute approximate surface area is 121 Å². The molecule has 2 heterocycles. The molecule has 2 aromatic heterocycles. The molecule has 0 radical (unpaired) electrons. The summed E-state index contributed by atoms with van der Waals surface area (Å²) in [6, 6.07) is 12.9. The van der Waals surface area contributed by atoms with E-state index in [1.54, 1.807) is 12.3 Å². The summed E-state index contributed by atoms with van der Waals surface area (Å²) in [5.41, 5.74) is 0.0363. The molecule has 0 saturated carbocycles. The quantitative estimate of drug-likeness (QED) is 0.751. The predicted octanol–water partition coefficient (Wildman–Crippen LogP) is 3.18. The van der Waals surface area contributed by atoms with Crippen molar-refractivity contribution in [3.63, 3.8) is 0 Å². The molecule has 5 nitrogen and oxygen atoms in total. The monoisotopic (exact) mass is 282 g/mol. The third kappa shape index (κ3) is 2.86. The van der Waals surface area contributed by atoms with E-state index in [9.17, 15) is 4.79 Å². The van der Waals surface area contributed by atoms with E-state index in [4.69, 9.17) is 9.52 Å². The van der Waals surface area contributed by atoms with Crippen LogP contribution in [0.2, 0.25) is 0 Å². The number of furan rings is 1. The second-order valence-corrected chi connectivity index (χ2v) is 4.64. The summed E-state index contributed by atoms with van der Waals surface area (Å²) >= 11 is 0. The lowest BCUT2D eigenvalue weighted by Gasteiger charge is -2.09. The number of aromatic carboxylic acids is 1. The summed E-state index contributed by atoms with van der Waals surface area (Å²) in [6.45, 7) is 0.619. The number of carboxylic acid groups (broad SMARTS) is 1. The normalized spacial score (nSPS) is 10.7. The number of rotatable bonds is 5. The van der Waals surface area contributed by atoms with Crippen LogP contribution in [0.1, 0.15) is 16.2 Å². The lowest BCUT2D eigenvalue weighted by atomic mass is 10.1. The van der Waals surface area contributed by atoms with Crippen LogP contribution in [0.3, 0.4) is 0 Å². The predicted molar refractivity (Wildman–Crippen MR) is 79.6 cm³/mol. The third-order valence-corrected chi connectivity index (χ3v) is 3.20. The highest BCUT2D eigenvalue weighted by Crippen LogP contribution is 2.22. The van der Waals surface area contributed by atoms with Gasteiger partial charge in [0.15, 0.2) is 5.69 Å². The minimum absolute atomic E-state index is 0.0363. The highest BCUT2D eigenvalue weighted by molar-refractivity contribution is 5.97. The van der Waals surface area contributed by atoms with Crippen LogP contribution in [0.15, 0.2) is 53.1 Å². The van der Waals surface area contributed by atoms with Crippen LogP contribution in [-0.4, -0.2) is 22.6 Å². The Hall–Kier alpha value is -2.82. The molecule has 2 N–H and O–H groups in total. The van der Waals surface area contributed by atoms with Crippen molar-refractivity contribution in [3.05, 3.63) is 60.2 Å². The SMILES string of the molecule is O=C(O)c1cc2ccccc2c(NCCc2ccco2)n1. The number of benzene rings is 1. The van der Waals surface area contributed by atoms with Crippen LogP contribution in [-0.2, 0) is 6.42 Å². The van der Waals surface area contributed by atoms with Crippen LogP contribution in [0.25, 0.3) is 10.8 Å². The number of fused-ring (bicyclic) bond motifs is 1. The van der Waals surface area contributed by atoms with Gasteiger partial charge in [-0.05, 0) is 23.6 Å². The number of hydrogen-bond acceptors (Lipinski definition) is 4. The number of carbonyl (C=O) groups is 1. The van der Waals surface area contributed by atoms with E-state index in [1.165, 1.54) is 0 Å². The lowest BCUT2D eigenvalue weighted by molar-refractivity contribution is 0.0691. The summed E-state index contributed by atoms with van der Waals surface area (Å²) in [6.07, 6.45) is 2.34. The summed E-state index contributed by atoms with van der Waals surface area (Å²) in [5, 5.41) is 14.1. The Balaban J connectivity index is 1.87. The van der Waals surface area contributed by atoms with Crippen LogP contribution in [0.4, 0.5) is 5.82 Å². The van der Waals surface area contributed by atoms with Gasteiger partial charge in [0.25, 0.3) is 0 Å². The van der Waals surface area contributed by atoms with Crippen molar-refractivity contribution in [1.29, 1.82) is 0 Å². The number of hydrogen-bond donors (Lipinski definition) is 2. The van der Waals surface area contributed by atoms with Gasteiger partial charge in [-0.2, -0.15) is 0 Å². The van der Waals surface area contributed by atoms with Gasteiger partial charge in [0.2, 0.25) is 0 Å². The molecule has 0 amide bonds. The Morgan fingerprint density at radius 2 is 2.10 bits per heavy atom. The van der Waals surface area contributed by atoms with Crippen LogP contribution >= 0.6 is 0 Å². The largest absolute Gasteiger partial charge is 0.477 e. The van der Waals surface area contributed by atoms with Crippen LogP contribution < -0.4 is 5.32 Å². The van der Waals surface area contributed by atoms with Gasteiger partial charge in [0, 0.05) is 18.4 Å². The molecule has 0 aliphatic heterocycles. The highest BCUT2D eigenvalue weighted by atomic mass is 16.4. The molecule has 0 aliphatic carbocycles. The topological polar surface area (TPSA) is 75.4 Å². The standard InChI is InChI=1S/C16H14N2O3/c19-16(20)14-10-11-4-1-2-6-13(11)15(18-14)17-8-7-12-5-3-9-21-12/h1-6,9-10H,7-8H2,(H,17,18)(H,19,20). The van der Waals surface area contributed by atoms with E-state index in [0.29, 0.717) is 18.8 Å². The van der Waals surface area contributed by atoms with Crippen molar-refractivity contribution < 1.29 is 14.3 Å². The molecule has 0 bridgehead atoms. The molecule has 106 valence electrons. The number of nitrogens with zero attached hydrogens (tertiary/aromatic N) is 1. The molecule has 0 fully saturated rings. The summed E-state index contributed by atoms with van der Waals surface area (Å²) in [5.74, 6) is 0.424. The first-order valence-electron chi connectivity index (χ1n) is 6.63. The molecule has 3 aromatic rings. The lowest BCUT2D eigenvalue weighted by Crippen LogP contribution is -2.09. The Bertz CT molecular complexity index is 766. The highest BCUT2D eigenvalue weighted by Gasteiger charge is 2.10. The second kappa shape index (κ2) is 5.66. The van der Waals surface area contributed by atoms with Gasteiger partial charge < -0.3 is 14.8 Å². The number of nitrogens with one attached hydrogen (secondary N) is 1. The zero-order valence-electron chi connectivity index (χ0n) is 11.2. The van der Waals surface area contributed by atoms with E-state index in [2.05, 4.69) is 10.3 Å². The maximum absolute atomic E-state index is 11.2. The molecule has 5 heteroatoms. The van der Waals surface area contributed by atoms with Crippen molar-refractivity contribution in [2.75, 3.05) is 11.9 Å². The molecule has 0 saturated heterocycles. The van der Waals surface area contributed by atoms with E-state index in [1.807, 2.05) is 36.4 Å². The Morgan fingerprint density at radius 3 is 2.86 bits per heavy atom. The van der Waals surface area contributed by atoms with Crippen molar-refractivity contribution in [3.8, 4) is 0 Å².